The van der Waals surface area contributed by atoms with Crippen LogP contribution >= 0.6 is 0 Å². The van der Waals surface area contributed by atoms with Crippen LogP contribution in [-0.4, -0.2) is 15.1 Å². The number of nitrogens with zero attached hydrogens (tertiary/aromatic N) is 1. The number of aromatic amines is 1. The van der Waals surface area contributed by atoms with Gasteiger partial charge in [-0.05, 0) is 12.5 Å². The zero-order valence-electron chi connectivity index (χ0n) is 7.28. The molecule has 66 valence electrons. The highest BCUT2D eigenvalue weighted by Gasteiger charge is 2.03. The Hall–Kier alpha value is -1.77. The van der Waals surface area contributed by atoms with Crippen molar-refractivity contribution in [2.24, 2.45) is 0 Å². The number of aromatic nitrogens is 2. The van der Waals surface area contributed by atoms with Gasteiger partial charge >= 0.3 is 0 Å². The fraction of sp³-hybridized carbons (Fsp3) is 0.100. The maximum Gasteiger partial charge on any atom is 0.208 e. The molecule has 0 aliphatic carbocycles. The monoisotopic (exact) mass is 174 g/mol. The number of aromatic hydroxyl groups is 1. The Morgan fingerprint density at radius 2 is 2.08 bits per heavy atom. The summed E-state index contributed by atoms with van der Waals surface area (Å²) in [7, 11) is 0. The van der Waals surface area contributed by atoms with Gasteiger partial charge in [0.25, 0.3) is 0 Å². The SMILES string of the molecule is Cc1ccccc1-c1ncc(O)[nH]1. The van der Waals surface area contributed by atoms with Crippen LogP contribution in [-0.2, 0) is 0 Å². The third-order valence-corrected chi connectivity index (χ3v) is 1.96. The molecule has 0 saturated heterocycles. The first-order chi connectivity index (χ1) is 6.27. The molecule has 0 aliphatic heterocycles. The first-order valence-electron chi connectivity index (χ1n) is 4.07. The molecule has 1 aromatic heterocycles. The summed E-state index contributed by atoms with van der Waals surface area (Å²) in [5, 5.41) is 9.09. The van der Waals surface area contributed by atoms with Crippen LogP contribution in [0.3, 0.4) is 0 Å². The van der Waals surface area contributed by atoms with Gasteiger partial charge in [0, 0.05) is 5.56 Å². The van der Waals surface area contributed by atoms with E-state index in [0.717, 1.165) is 11.1 Å². The van der Waals surface area contributed by atoms with Crippen molar-refractivity contribution < 1.29 is 5.11 Å². The van der Waals surface area contributed by atoms with Crippen molar-refractivity contribution >= 4 is 0 Å². The average molecular weight is 174 g/mol. The molecule has 0 bridgehead atoms. The van der Waals surface area contributed by atoms with Crippen molar-refractivity contribution in [1.29, 1.82) is 0 Å². The minimum absolute atomic E-state index is 0.0956. The second kappa shape index (κ2) is 2.94. The van der Waals surface area contributed by atoms with Gasteiger partial charge in [0.15, 0.2) is 0 Å². The molecular formula is C10H10N2O. The van der Waals surface area contributed by atoms with Gasteiger partial charge in [-0.25, -0.2) is 4.98 Å². The molecule has 0 saturated carbocycles. The van der Waals surface area contributed by atoms with E-state index >= 15 is 0 Å². The lowest BCUT2D eigenvalue weighted by atomic mass is 10.1. The smallest absolute Gasteiger partial charge is 0.208 e. The molecule has 0 atom stereocenters. The Morgan fingerprint density at radius 1 is 1.31 bits per heavy atom. The highest BCUT2D eigenvalue weighted by Crippen LogP contribution is 2.20. The summed E-state index contributed by atoms with van der Waals surface area (Å²) >= 11 is 0. The van der Waals surface area contributed by atoms with Crippen molar-refractivity contribution in [2.45, 2.75) is 6.92 Å². The molecule has 0 unspecified atom stereocenters. The van der Waals surface area contributed by atoms with Crippen LogP contribution in [0.15, 0.2) is 30.5 Å². The van der Waals surface area contributed by atoms with Crippen LogP contribution in [0.4, 0.5) is 0 Å². The van der Waals surface area contributed by atoms with Gasteiger partial charge in [-0.15, -0.1) is 0 Å². The summed E-state index contributed by atoms with van der Waals surface area (Å²) < 4.78 is 0. The summed E-state index contributed by atoms with van der Waals surface area (Å²) in [6.45, 7) is 2.01. The maximum atomic E-state index is 9.09. The topological polar surface area (TPSA) is 48.9 Å². The van der Waals surface area contributed by atoms with Gasteiger partial charge in [-0.1, -0.05) is 24.3 Å². The molecule has 3 nitrogen and oxygen atoms in total. The fourth-order valence-electron chi connectivity index (χ4n) is 1.29. The van der Waals surface area contributed by atoms with Gasteiger partial charge in [-0.3, -0.25) is 0 Å². The standard InChI is InChI=1S/C10H10N2O/c1-7-4-2-3-5-8(7)10-11-6-9(13)12-10/h2-6,13H,1H3,(H,11,12). The molecule has 0 amide bonds. The number of H-pyrrole nitrogens is 1. The molecule has 2 aromatic rings. The van der Waals surface area contributed by atoms with Crippen LogP contribution < -0.4 is 0 Å². The van der Waals surface area contributed by atoms with Gasteiger partial charge in [0.05, 0.1) is 6.20 Å². The van der Waals surface area contributed by atoms with Crippen molar-refractivity contribution in [1.82, 2.24) is 9.97 Å². The molecule has 3 heteroatoms. The number of nitrogens with one attached hydrogen (secondary N) is 1. The predicted molar refractivity (Wildman–Crippen MR) is 50.4 cm³/mol. The number of benzene rings is 1. The summed E-state index contributed by atoms with van der Waals surface area (Å²) in [5.74, 6) is 0.800. The number of hydrogen-bond acceptors (Lipinski definition) is 2. The third kappa shape index (κ3) is 1.40. The lowest BCUT2D eigenvalue weighted by molar-refractivity contribution is 0.457. The Balaban J connectivity index is 2.52. The number of aryl methyl sites for hydroxylation is 1. The molecule has 2 N–H and O–H groups in total. The van der Waals surface area contributed by atoms with E-state index in [0.29, 0.717) is 5.82 Å². The van der Waals surface area contributed by atoms with Crippen LogP contribution in [0.2, 0.25) is 0 Å². The molecule has 2 rings (SSSR count). The highest BCUT2D eigenvalue weighted by atomic mass is 16.3. The van der Waals surface area contributed by atoms with Crippen LogP contribution in [0.25, 0.3) is 11.4 Å². The second-order valence-electron chi connectivity index (χ2n) is 2.93. The Bertz CT molecular complexity index is 420. The summed E-state index contributed by atoms with van der Waals surface area (Å²) in [6.07, 6.45) is 1.40. The van der Waals surface area contributed by atoms with E-state index in [1.807, 2.05) is 31.2 Å². The summed E-state index contributed by atoms with van der Waals surface area (Å²) in [4.78, 5) is 6.82. The fourth-order valence-corrected chi connectivity index (χ4v) is 1.29. The van der Waals surface area contributed by atoms with Crippen molar-refractivity contribution in [3.05, 3.63) is 36.0 Å². The van der Waals surface area contributed by atoms with E-state index in [-0.39, 0.29) is 5.88 Å². The molecule has 1 heterocycles. The quantitative estimate of drug-likeness (QED) is 0.695. The summed E-state index contributed by atoms with van der Waals surface area (Å²) in [6, 6.07) is 7.89. The van der Waals surface area contributed by atoms with Crippen molar-refractivity contribution in [2.75, 3.05) is 0 Å². The predicted octanol–water partition coefficient (Wildman–Crippen LogP) is 2.09. The van der Waals surface area contributed by atoms with E-state index in [4.69, 9.17) is 5.11 Å². The normalized spacial score (nSPS) is 10.2. The summed E-state index contributed by atoms with van der Waals surface area (Å²) in [5.41, 5.74) is 2.15. The second-order valence-corrected chi connectivity index (χ2v) is 2.93. The third-order valence-electron chi connectivity index (χ3n) is 1.96. The molecule has 0 aliphatic rings. The molecular weight excluding hydrogens is 164 g/mol. The largest absolute Gasteiger partial charge is 0.493 e. The number of rotatable bonds is 1. The maximum absolute atomic E-state index is 9.09. The molecule has 1 aromatic carbocycles. The Labute approximate surface area is 76.1 Å². The van der Waals surface area contributed by atoms with Gasteiger partial charge in [-0.2, -0.15) is 0 Å². The Morgan fingerprint density at radius 3 is 2.69 bits per heavy atom. The van der Waals surface area contributed by atoms with E-state index < -0.39 is 0 Å². The van der Waals surface area contributed by atoms with E-state index in [1.165, 1.54) is 6.20 Å². The van der Waals surface area contributed by atoms with Crippen LogP contribution in [0.5, 0.6) is 5.88 Å². The minimum atomic E-state index is 0.0956. The van der Waals surface area contributed by atoms with Gasteiger partial charge in [0.2, 0.25) is 5.88 Å². The van der Waals surface area contributed by atoms with Crippen molar-refractivity contribution in [3.63, 3.8) is 0 Å². The Kier molecular flexibility index (Phi) is 1.77. The first-order valence-corrected chi connectivity index (χ1v) is 4.07. The highest BCUT2D eigenvalue weighted by molar-refractivity contribution is 5.60. The van der Waals surface area contributed by atoms with E-state index in [9.17, 15) is 0 Å². The lowest BCUT2D eigenvalue weighted by Crippen LogP contribution is -1.83. The van der Waals surface area contributed by atoms with Crippen LogP contribution in [0.1, 0.15) is 5.56 Å². The van der Waals surface area contributed by atoms with Gasteiger partial charge in [0.1, 0.15) is 5.82 Å². The van der Waals surface area contributed by atoms with E-state index in [2.05, 4.69) is 9.97 Å². The zero-order chi connectivity index (χ0) is 9.26. The average Bonchev–Trinajstić information content (AvgIpc) is 2.53. The van der Waals surface area contributed by atoms with Crippen molar-refractivity contribution in [3.8, 4) is 17.3 Å². The molecule has 0 radical (unpaired) electrons. The zero-order valence-corrected chi connectivity index (χ0v) is 7.28. The lowest BCUT2D eigenvalue weighted by Gasteiger charge is -2.00. The first kappa shape index (κ1) is 7.86. The molecule has 0 fully saturated rings. The van der Waals surface area contributed by atoms with E-state index in [1.54, 1.807) is 0 Å². The minimum Gasteiger partial charge on any atom is -0.493 e. The molecule has 0 spiro atoms. The number of hydrogen-bond donors (Lipinski definition) is 2. The van der Waals surface area contributed by atoms with Gasteiger partial charge < -0.3 is 10.1 Å². The van der Waals surface area contributed by atoms with Crippen LogP contribution in [0, 0.1) is 6.92 Å². The molecule has 13 heavy (non-hydrogen) atoms. The number of imidazole rings is 1.